The maximum absolute atomic E-state index is 5.95. The summed E-state index contributed by atoms with van der Waals surface area (Å²) in [4.78, 5) is 0. The zero-order valence-electron chi connectivity index (χ0n) is 10.4. The standard InChI is InChI=1S/C13H18ClN3/c1-8-9(2)12(17-16-11(8)14)15-7-13(5-6-13)10-3-4-10/h10H,3-7H2,1-2H3,(H,15,17). The maximum atomic E-state index is 5.95. The second-order valence-corrected chi connectivity index (χ2v) is 5.94. The lowest BCUT2D eigenvalue weighted by atomic mass is 10.0. The molecule has 2 aliphatic carbocycles. The Hall–Kier alpha value is -0.830. The number of nitrogens with zero attached hydrogens (tertiary/aromatic N) is 2. The molecule has 3 rings (SSSR count). The highest BCUT2D eigenvalue weighted by atomic mass is 35.5. The van der Waals surface area contributed by atoms with Gasteiger partial charge >= 0.3 is 0 Å². The van der Waals surface area contributed by atoms with Crippen molar-refractivity contribution in [3.8, 4) is 0 Å². The van der Waals surface area contributed by atoms with Crippen molar-refractivity contribution in [1.82, 2.24) is 10.2 Å². The average molecular weight is 252 g/mol. The number of aromatic nitrogens is 2. The van der Waals surface area contributed by atoms with Crippen LogP contribution in [0, 0.1) is 25.2 Å². The van der Waals surface area contributed by atoms with Crippen molar-refractivity contribution in [3.63, 3.8) is 0 Å². The van der Waals surface area contributed by atoms with E-state index in [-0.39, 0.29) is 0 Å². The SMILES string of the molecule is Cc1c(Cl)nnc(NCC2(C3CC3)CC2)c1C. The first-order valence-electron chi connectivity index (χ1n) is 6.36. The molecule has 0 aliphatic heterocycles. The lowest BCUT2D eigenvalue weighted by molar-refractivity contribution is 0.466. The Morgan fingerprint density at radius 3 is 2.53 bits per heavy atom. The Balaban J connectivity index is 1.71. The van der Waals surface area contributed by atoms with Gasteiger partial charge in [0.2, 0.25) is 0 Å². The summed E-state index contributed by atoms with van der Waals surface area (Å²) in [5, 5.41) is 12.1. The van der Waals surface area contributed by atoms with E-state index in [1.807, 2.05) is 6.92 Å². The maximum Gasteiger partial charge on any atom is 0.155 e. The van der Waals surface area contributed by atoms with Crippen molar-refractivity contribution in [2.45, 2.75) is 39.5 Å². The van der Waals surface area contributed by atoms with Crippen LogP contribution in [0.2, 0.25) is 5.15 Å². The van der Waals surface area contributed by atoms with Crippen LogP contribution in [0.25, 0.3) is 0 Å². The number of anilines is 1. The number of hydrogen-bond acceptors (Lipinski definition) is 3. The summed E-state index contributed by atoms with van der Waals surface area (Å²) in [6.45, 7) is 5.09. The first-order chi connectivity index (χ1) is 8.12. The van der Waals surface area contributed by atoms with Crippen molar-refractivity contribution in [3.05, 3.63) is 16.3 Å². The monoisotopic (exact) mass is 251 g/mol. The van der Waals surface area contributed by atoms with Crippen molar-refractivity contribution < 1.29 is 0 Å². The van der Waals surface area contributed by atoms with Crippen LogP contribution in [0.15, 0.2) is 0 Å². The van der Waals surface area contributed by atoms with Gasteiger partial charge in [0.25, 0.3) is 0 Å². The van der Waals surface area contributed by atoms with Crippen LogP contribution in [-0.4, -0.2) is 16.7 Å². The molecule has 2 fully saturated rings. The molecule has 0 saturated heterocycles. The van der Waals surface area contributed by atoms with Gasteiger partial charge < -0.3 is 5.32 Å². The predicted octanol–water partition coefficient (Wildman–Crippen LogP) is 3.35. The minimum atomic E-state index is 0.511. The van der Waals surface area contributed by atoms with Gasteiger partial charge in [0, 0.05) is 6.54 Å². The molecule has 1 heterocycles. The third-order valence-electron chi connectivity index (χ3n) is 4.41. The van der Waals surface area contributed by atoms with Gasteiger partial charge in [0.15, 0.2) is 11.0 Å². The Bertz CT molecular complexity index is 450. The molecule has 0 atom stereocenters. The van der Waals surface area contributed by atoms with Gasteiger partial charge in [-0.3, -0.25) is 0 Å². The molecule has 0 unspecified atom stereocenters. The van der Waals surface area contributed by atoms with E-state index in [4.69, 9.17) is 11.6 Å². The predicted molar refractivity (Wildman–Crippen MR) is 69.4 cm³/mol. The summed E-state index contributed by atoms with van der Waals surface area (Å²) in [7, 11) is 0. The molecule has 0 bridgehead atoms. The van der Waals surface area contributed by atoms with E-state index in [9.17, 15) is 0 Å². The van der Waals surface area contributed by atoms with Crippen LogP contribution in [0.3, 0.4) is 0 Å². The smallest absolute Gasteiger partial charge is 0.155 e. The van der Waals surface area contributed by atoms with Crippen molar-refractivity contribution in [2.24, 2.45) is 11.3 Å². The van der Waals surface area contributed by atoms with Gasteiger partial charge in [-0.1, -0.05) is 11.6 Å². The van der Waals surface area contributed by atoms with E-state index in [0.717, 1.165) is 29.4 Å². The van der Waals surface area contributed by atoms with E-state index >= 15 is 0 Å². The minimum Gasteiger partial charge on any atom is -0.368 e. The molecule has 3 nitrogen and oxygen atoms in total. The summed E-state index contributed by atoms with van der Waals surface area (Å²) in [5.74, 6) is 1.87. The Labute approximate surface area is 107 Å². The number of hydrogen-bond donors (Lipinski definition) is 1. The fourth-order valence-corrected chi connectivity index (χ4v) is 2.77. The summed E-state index contributed by atoms with van der Waals surface area (Å²) in [6.07, 6.45) is 5.60. The second-order valence-electron chi connectivity index (χ2n) is 5.58. The Kier molecular flexibility index (Phi) is 2.54. The van der Waals surface area contributed by atoms with Crippen LogP contribution < -0.4 is 5.32 Å². The fourth-order valence-electron chi connectivity index (χ4n) is 2.59. The van der Waals surface area contributed by atoms with Crippen LogP contribution in [-0.2, 0) is 0 Å². The van der Waals surface area contributed by atoms with Crippen LogP contribution in [0.1, 0.15) is 36.8 Å². The molecule has 4 heteroatoms. The highest BCUT2D eigenvalue weighted by molar-refractivity contribution is 6.30. The molecule has 1 aromatic rings. The molecule has 1 N–H and O–H groups in total. The number of rotatable bonds is 4. The first-order valence-corrected chi connectivity index (χ1v) is 6.73. The zero-order valence-corrected chi connectivity index (χ0v) is 11.1. The largest absolute Gasteiger partial charge is 0.368 e. The quantitative estimate of drug-likeness (QED) is 0.892. The van der Waals surface area contributed by atoms with E-state index < -0.39 is 0 Å². The Morgan fingerprint density at radius 2 is 1.94 bits per heavy atom. The highest BCUT2D eigenvalue weighted by Crippen LogP contribution is 2.61. The highest BCUT2D eigenvalue weighted by Gasteiger charge is 2.53. The van der Waals surface area contributed by atoms with Gasteiger partial charge in [-0.05, 0) is 62.0 Å². The number of halogens is 1. The van der Waals surface area contributed by atoms with E-state index in [0.29, 0.717) is 10.6 Å². The number of nitrogens with one attached hydrogen (secondary N) is 1. The first kappa shape index (κ1) is 11.3. The fraction of sp³-hybridized carbons (Fsp3) is 0.692. The van der Waals surface area contributed by atoms with Crippen molar-refractivity contribution >= 4 is 17.4 Å². The summed E-state index contributed by atoms with van der Waals surface area (Å²) in [5.41, 5.74) is 2.74. The van der Waals surface area contributed by atoms with E-state index in [1.165, 1.54) is 25.7 Å². The van der Waals surface area contributed by atoms with Crippen molar-refractivity contribution in [2.75, 3.05) is 11.9 Å². The van der Waals surface area contributed by atoms with E-state index in [2.05, 4.69) is 22.4 Å². The minimum absolute atomic E-state index is 0.511. The molecule has 92 valence electrons. The van der Waals surface area contributed by atoms with Gasteiger partial charge in [-0.15, -0.1) is 10.2 Å². The second kappa shape index (κ2) is 3.84. The molecule has 2 aliphatic rings. The molecule has 2 saturated carbocycles. The third-order valence-corrected chi connectivity index (χ3v) is 4.77. The van der Waals surface area contributed by atoms with Crippen LogP contribution in [0.5, 0.6) is 0 Å². The molecule has 0 radical (unpaired) electrons. The lowest BCUT2D eigenvalue weighted by Gasteiger charge is -2.17. The molecule has 17 heavy (non-hydrogen) atoms. The molecule has 1 aromatic heterocycles. The molecule has 0 amide bonds. The molecule has 0 aromatic carbocycles. The van der Waals surface area contributed by atoms with E-state index in [1.54, 1.807) is 0 Å². The average Bonchev–Trinajstić information content (AvgIpc) is 3.15. The summed E-state index contributed by atoms with van der Waals surface area (Å²) >= 11 is 5.95. The third kappa shape index (κ3) is 2.01. The van der Waals surface area contributed by atoms with Gasteiger partial charge in [-0.2, -0.15) is 0 Å². The van der Waals surface area contributed by atoms with Gasteiger partial charge in [0.1, 0.15) is 0 Å². The topological polar surface area (TPSA) is 37.8 Å². The van der Waals surface area contributed by atoms with Crippen LogP contribution >= 0.6 is 11.6 Å². The Morgan fingerprint density at radius 1 is 1.24 bits per heavy atom. The van der Waals surface area contributed by atoms with Crippen LogP contribution in [0.4, 0.5) is 5.82 Å². The molecule has 0 spiro atoms. The lowest BCUT2D eigenvalue weighted by Crippen LogP contribution is -2.19. The zero-order chi connectivity index (χ0) is 12.0. The normalized spacial score (nSPS) is 21.4. The summed E-state index contributed by atoms with van der Waals surface area (Å²) in [6, 6.07) is 0. The summed E-state index contributed by atoms with van der Waals surface area (Å²) < 4.78 is 0. The van der Waals surface area contributed by atoms with Crippen molar-refractivity contribution in [1.29, 1.82) is 0 Å². The molecular formula is C13H18ClN3. The molecular weight excluding hydrogens is 234 g/mol. The van der Waals surface area contributed by atoms with Gasteiger partial charge in [0.05, 0.1) is 0 Å². The van der Waals surface area contributed by atoms with Gasteiger partial charge in [-0.25, -0.2) is 0 Å².